The number of carboxylic acid groups (broad SMARTS) is 1. The third kappa shape index (κ3) is 6.85. The molecule has 1 N–H and O–H groups in total. The number of anilines is 1. The molecular weight excluding hydrogens is 402 g/mol. The van der Waals surface area contributed by atoms with Crippen molar-refractivity contribution in [2.75, 3.05) is 18.0 Å². The van der Waals surface area contributed by atoms with Crippen molar-refractivity contribution in [3.8, 4) is 11.5 Å². The van der Waals surface area contributed by atoms with Gasteiger partial charge < -0.3 is 19.3 Å². The van der Waals surface area contributed by atoms with Crippen LogP contribution in [0.3, 0.4) is 0 Å². The molecule has 2 aromatic carbocycles. The summed E-state index contributed by atoms with van der Waals surface area (Å²) in [6.07, 6.45) is 6.06. The number of ether oxygens (including phenoxy) is 1. The minimum atomic E-state index is -2.65. The van der Waals surface area contributed by atoms with Crippen molar-refractivity contribution in [1.82, 2.24) is 0 Å². The monoisotopic (exact) mass is 432 g/mol. The van der Waals surface area contributed by atoms with Crippen LogP contribution in [0.25, 0.3) is 0 Å². The SMILES string of the molecule is CCCCCN(CCCCC)c1cc(C(=O)O)cc(S(=O)[O-])c1Oc1ccccc1. The first-order chi connectivity index (χ1) is 14.5. The predicted octanol–water partition coefficient (Wildman–Crippen LogP) is 5.60. The zero-order chi connectivity index (χ0) is 21.9. The van der Waals surface area contributed by atoms with Crippen LogP contribution in [-0.2, 0) is 11.1 Å². The maximum absolute atomic E-state index is 12.0. The Hall–Kier alpha value is -2.38. The van der Waals surface area contributed by atoms with Crippen LogP contribution in [0.2, 0.25) is 0 Å². The molecule has 0 aliphatic heterocycles. The van der Waals surface area contributed by atoms with E-state index in [1.54, 1.807) is 24.3 Å². The lowest BCUT2D eigenvalue weighted by Crippen LogP contribution is -2.27. The number of rotatable bonds is 13. The number of carbonyl (C=O) groups is 1. The molecule has 0 bridgehead atoms. The number of unbranched alkanes of at least 4 members (excludes halogenated alkanes) is 4. The second kappa shape index (κ2) is 12.3. The molecule has 0 heterocycles. The lowest BCUT2D eigenvalue weighted by Gasteiger charge is -2.29. The number of carboxylic acids is 1. The maximum Gasteiger partial charge on any atom is 0.335 e. The lowest BCUT2D eigenvalue weighted by molar-refractivity contribution is 0.0696. The van der Waals surface area contributed by atoms with E-state index in [1.807, 2.05) is 6.07 Å². The summed E-state index contributed by atoms with van der Waals surface area (Å²) in [6, 6.07) is 11.6. The molecule has 6 nitrogen and oxygen atoms in total. The van der Waals surface area contributed by atoms with Gasteiger partial charge in [-0.3, -0.25) is 4.21 Å². The Bertz CT molecular complexity index is 831. The Kier molecular flexibility index (Phi) is 9.83. The quantitative estimate of drug-likeness (QED) is 0.327. The fraction of sp³-hybridized carbons (Fsp3) is 0.435. The fourth-order valence-corrected chi connectivity index (χ4v) is 3.76. The first-order valence-corrected chi connectivity index (χ1v) is 11.5. The zero-order valence-corrected chi connectivity index (χ0v) is 18.5. The number of aromatic carboxylic acids is 1. The summed E-state index contributed by atoms with van der Waals surface area (Å²) in [6.45, 7) is 5.65. The van der Waals surface area contributed by atoms with E-state index in [0.717, 1.165) is 44.6 Å². The van der Waals surface area contributed by atoms with Crippen LogP contribution in [0.4, 0.5) is 5.69 Å². The second-order valence-electron chi connectivity index (χ2n) is 7.18. The molecular formula is C23H30NO5S-. The van der Waals surface area contributed by atoms with Crippen LogP contribution in [0.1, 0.15) is 62.7 Å². The molecule has 0 aliphatic carbocycles. The van der Waals surface area contributed by atoms with E-state index < -0.39 is 17.0 Å². The molecule has 0 aromatic heterocycles. The summed E-state index contributed by atoms with van der Waals surface area (Å²) in [7, 11) is 0. The highest BCUT2D eigenvalue weighted by molar-refractivity contribution is 7.79. The van der Waals surface area contributed by atoms with Gasteiger partial charge >= 0.3 is 5.97 Å². The van der Waals surface area contributed by atoms with E-state index in [0.29, 0.717) is 24.5 Å². The van der Waals surface area contributed by atoms with Gasteiger partial charge in [-0.15, -0.1) is 0 Å². The molecule has 0 saturated carbocycles. The number of hydrogen-bond donors (Lipinski definition) is 1. The highest BCUT2D eigenvalue weighted by Crippen LogP contribution is 2.39. The smallest absolute Gasteiger partial charge is 0.335 e. The van der Waals surface area contributed by atoms with Crippen LogP contribution < -0.4 is 9.64 Å². The van der Waals surface area contributed by atoms with E-state index in [4.69, 9.17) is 4.74 Å². The van der Waals surface area contributed by atoms with Crippen molar-refractivity contribution in [1.29, 1.82) is 0 Å². The second-order valence-corrected chi connectivity index (χ2v) is 8.09. The van der Waals surface area contributed by atoms with Gasteiger partial charge in [0.1, 0.15) is 5.75 Å². The van der Waals surface area contributed by atoms with E-state index >= 15 is 0 Å². The van der Waals surface area contributed by atoms with Crippen LogP contribution in [0.5, 0.6) is 11.5 Å². The molecule has 0 aliphatic rings. The standard InChI is InChI=1S/C23H31NO5S/c1-3-5-10-14-24(15-11-6-4-2)20-16-18(23(25)26)17-21(30(27)28)22(20)29-19-12-8-7-9-13-19/h7-9,12-13,16-17H,3-6,10-11,14-15H2,1-2H3,(H,25,26)(H,27,28)/p-1. The van der Waals surface area contributed by atoms with E-state index in [2.05, 4.69) is 18.7 Å². The molecule has 2 aromatic rings. The Morgan fingerprint density at radius 2 is 1.63 bits per heavy atom. The summed E-state index contributed by atoms with van der Waals surface area (Å²) in [5, 5.41) is 9.55. The molecule has 164 valence electrons. The molecule has 30 heavy (non-hydrogen) atoms. The van der Waals surface area contributed by atoms with Crippen LogP contribution in [0.15, 0.2) is 47.4 Å². The van der Waals surface area contributed by atoms with Gasteiger partial charge in [-0.05, 0) is 48.2 Å². The molecule has 0 amide bonds. The largest absolute Gasteiger partial charge is 0.768 e. The van der Waals surface area contributed by atoms with Crippen molar-refractivity contribution >= 4 is 22.7 Å². The van der Waals surface area contributed by atoms with Gasteiger partial charge in [0.25, 0.3) is 0 Å². The minimum Gasteiger partial charge on any atom is -0.768 e. The first-order valence-electron chi connectivity index (χ1n) is 10.5. The van der Waals surface area contributed by atoms with Crippen LogP contribution >= 0.6 is 0 Å². The topological polar surface area (TPSA) is 89.9 Å². The summed E-state index contributed by atoms with van der Waals surface area (Å²) < 4.78 is 30.0. The normalized spacial score (nSPS) is 11.8. The highest BCUT2D eigenvalue weighted by atomic mass is 32.2. The molecule has 7 heteroatoms. The zero-order valence-electron chi connectivity index (χ0n) is 17.6. The molecule has 0 spiro atoms. The number of nitrogens with zero attached hydrogens (tertiary/aromatic N) is 1. The van der Waals surface area contributed by atoms with E-state index in [9.17, 15) is 18.7 Å². The minimum absolute atomic E-state index is 0.0689. The van der Waals surface area contributed by atoms with E-state index in [-0.39, 0.29) is 16.2 Å². The van der Waals surface area contributed by atoms with Crippen molar-refractivity contribution < 1.29 is 23.4 Å². The van der Waals surface area contributed by atoms with Crippen molar-refractivity contribution in [3.05, 3.63) is 48.0 Å². The summed E-state index contributed by atoms with van der Waals surface area (Å²) in [5.41, 5.74) is 0.436. The van der Waals surface area contributed by atoms with Gasteiger partial charge in [0.2, 0.25) is 0 Å². The van der Waals surface area contributed by atoms with E-state index in [1.165, 1.54) is 6.07 Å². The molecule has 1 atom stereocenters. The maximum atomic E-state index is 12.0. The molecule has 0 fully saturated rings. The molecule has 2 rings (SSSR count). The van der Waals surface area contributed by atoms with Gasteiger partial charge in [0.15, 0.2) is 5.75 Å². The average Bonchev–Trinajstić information content (AvgIpc) is 2.73. The summed E-state index contributed by atoms with van der Waals surface area (Å²) in [5.74, 6) is -0.501. The Morgan fingerprint density at radius 3 is 2.13 bits per heavy atom. The van der Waals surface area contributed by atoms with Crippen molar-refractivity contribution in [2.24, 2.45) is 0 Å². The third-order valence-corrected chi connectivity index (χ3v) is 5.49. The summed E-state index contributed by atoms with van der Waals surface area (Å²) in [4.78, 5) is 13.6. The Labute approximate surface area is 181 Å². The van der Waals surface area contributed by atoms with Gasteiger partial charge in [0, 0.05) is 13.1 Å². The first kappa shape index (κ1) is 23.9. The fourth-order valence-electron chi connectivity index (χ4n) is 3.24. The highest BCUT2D eigenvalue weighted by Gasteiger charge is 2.21. The average molecular weight is 433 g/mol. The molecule has 1 unspecified atom stereocenters. The predicted molar refractivity (Wildman–Crippen MR) is 118 cm³/mol. The van der Waals surface area contributed by atoms with Crippen molar-refractivity contribution in [2.45, 2.75) is 57.3 Å². The van der Waals surface area contributed by atoms with Gasteiger partial charge in [-0.25, -0.2) is 4.79 Å². The third-order valence-electron chi connectivity index (χ3n) is 4.83. The lowest BCUT2D eigenvalue weighted by atomic mass is 10.1. The number of benzene rings is 2. The molecule has 0 radical (unpaired) electrons. The Balaban J connectivity index is 2.56. The summed E-state index contributed by atoms with van der Waals surface area (Å²) >= 11 is -2.65. The number of para-hydroxylation sites is 1. The van der Waals surface area contributed by atoms with Gasteiger partial charge in [-0.1, -0.05) is 57.7 Å². The number of hydrogen-bond acceptors (Lipinski definition) is 5. The van der Waals surface area contributed by atoms with Crippen LogP contribution in [0, 0.1) is 0 Å². The van der Waals surface area contributed by atoms with Gasteiger partial charge in [0.05, 0.1) is 16.1 Å². The Morgan fingerprint density at radius 1 is 1.03 bits per heavy atom. The van der Waals surface area contributed by atoms with Gasteiger partial charge in [-0.2, -0.15) is 0 Å². The van der Waals surface area contributed by atoms with Crippen LogP contribution in [-0.4, -0.2) is 32.9 Å². The molecule has 0 saturated heterocycles. The van der Waals surface area contributed by atoms with Crippen molar-refractivity contribution in [3.63, 3.8) is 0 Å².